The van der Waals surface area contributed by atoms with E-state index < -0.39 is 11.9 Å². The van der Waals surface area contributed by atoms with Gasteiger partial charge in [0.1, 0.15) is 18.4 Å². The molecule has 2 saturated carbocycles. The number of primary amides is 1. The number of halogens is 1. The molecule has 1 aromatic carbocycles. The molecule has 3 N–H and O–H groups in total. The van der Waals surface area contributed by atoms with Crippen LogP contribution in [0.3, 0.4) is 0 Å². The monoisotopic (exact) mass is 476 g/mol. The van der Waals surface area contributed by atoms with Gasteiger partial charge in [-0.15, -0.1) is 0 Å². The average Bonchev–Trinajstić information content (AvgIpc) is 3.69. The van der Waals surface area contributed by atoms with Gasteiger partial charge in [-0.05, 0) is 49.8 Å². The van der Waals surface area contributed by atoms with Crippen molar-refractivity contribution < 1.29 is 18.8 Å². The second-order valence-corrected chi connectivity index (χ2v) is 9.81. The Bertz CT molecular complexity index is 1390. The summed E-state index contributed by atoms with van der Waals surface area (Å²) in [4.78, 5) is 44.4. The number of nitrogens with two attached hydrogens (primary N) is 1. The molecule has 3 fully saturated rings. The molecule has 3 amide bonds. The van der Waals surface area contributed by atoms with Crippen molar-refractivity contribution in [1.29, 1.82) is 0 Å². The molecule has 5 atom stereocenters. The number of nitrogens with zero attached hydrogens (tertiary/aromatic N) is 4. The van der Waals surface area contributed by atoms with Gasteiger partial charge in [0.15, 0.2) is 5.69 Å². The highest BCUT2D eigenvalue weighted by Crippen LogP contribution is 2.48. The van der Waals surface area contributed by atoms with Crippen LogP contribution < -0.4 is 11.1 Å². The lowest BCUT2D eigenvalue weighted by molar-refractivity contribution is -0.140. The fraction of sp³-hybridized carbons (Fsp3) is 0.400. The second-order valence-electron chi connectivity index (χ2n) is 9.81. The van der Waals surface area contributed by atoms with Crippen molar-refractivity contribution in [3.8, 4) is 0 Å². The molecule has 3 heterocycles. The highest BCUT2D eigenvalue weighted by atomic mass is 19.1. The quantitative estimate of drug-likeness (QED) is 0.560. The fourth-order valence-corrected chi connectivity index (χ4v) is 5.49. The molecule has 0 bridgehead atoms. The lowest BCUT2D eigenvalue weighted by atomic mass is 10.1. The van der Waals surface area contributed by atoms with Crippen LogP contribution in [-0.2, 0) is 16.1 Å². The van der Waals surface area contributed by atoms with Crippen molar-refractivity contribution in [2.75, 3.05) is 0 Å². The zero-order chi connectivity index (χ0) is 24.4. The van der Waals surface area contributed by atoms with Crippen LogP contribution in [0.1, 0.15) is 46.9 Å². The van der Waals surface area contributed by atoms with Crippen LogP contribution in [0.15, 0.2) is 36.5 Å². The Kier molecular flexibility index (Phi) is 4.87. The number of hydrogen-bond acceptors (Lipinski definition) is 5. The molecule has 180 valence electrons. The van der Waals surface area contributed by atoms with Gasteiger partial charge in [0.05, 0.1) is 11.7 Å². The lowest BCUT2D eigenvalue weighted by Gasteiger charge is -2.27. The molecular weight excluding hydrogens is 451 g/mol. The highest BCUT2D eigenvalue weighted by molar-refractivity contribution is 6.04. The number of amides is 3. The van der Waals surface area contributed by atoms with Crippen molar-refractivity contribution in [2.24, 2.45) is 11.7 Å². The van der Waals surface area contributed by atoms with Gasteiger partial charge in [0, 0.05) is 29.1 Å². The maximum Gasteiger partial charge on any atom is 0.269 e. The van der Waals surface area contributed by atoms with Crippen molar-refractivity contribution in [2.45, 2.75) is 56.8 Å². The molecule has 0 radical (unpaired) electrons. The van der Waals surface area contributed by atoms with Gasteiger partial charge in [-0.3, -0.25) is 24.0 Å². The van der Waals surface area contributed by atoms with Crippen LogP contribution in [0.2, 0.25) is 0 Å². The topological polar surface area (TPSA) is 123 Å². The van der Waals surface area contributed by atoms with Gasteiger partial charge in [-0.1, -0.05) is 18.2 Å². The Morgan fingerprint density at radius 2 is 2.00 bits per heavy atom. The highest BCUT2D eigenvalue weighted by Gasteiger charge is 2.56. The first-order valence-electron chi connectivity index (χ1n) is 11.8. The van der Waals surface area contributed by atoms with Crippen molar-refractivity contribution in [1.82, 2.24) is 25.0 Å². The molecule has 0 unspecified atom stereocenters. The third-order valence-electron chi connectivity index (χ3n) is 7.41. The molecular formula is C25H25FN6O3. The number of carbonyl (C=O) groups excluding carboxylic acids is 3. The van der Waals surface area contributed by atoms with E-state index in [0.29, 0.717) is 40.9 Å². The Labute approximate surface area is 200 Å². The molecule has 2 aliphatic carbocycles. The van der Waals surface area contributed by atoms with E-state index in [9.17, 15) is 18.8 Å². The number of nitrogens with one attached hydrogen (secondary N) is 1. The number of likely N-dealkylation sites (tertiary alicyclic amines) is 1. The molecule has 0 spiro atoms. The van der Waals surface area contributed by atoms with Crippen molar-refractivity contribution in [3.05, 3.63) is 59.3 Å². The van der Waals surface area contributed by atoms with Gasteiger partial charge in [-0.25, -0.2) is 4.39 Å². The molecule has 2 aromatic heterocycles. The number of fused-ring (bicyclic) bond motifs is 2. The minimum absolute atomic E-state index is 0.0395. The Hall–Kier alpha value is -3.82. The maximum absolute atomic E-state index is 14.1. The number of hydrogen-bond donors (Lipinski definition) is 2. The van der Waals surface area contributed by atoms with Crippen molar-refractivity contribution in [3.63, 3.8) is 0 Å². The third kappa shape index (κ3) is 3.73. The van der Waals surface area contributed by atoms with Gasteiger partial charge in [0.2, 0.25) is 11.8 Å². The lowest BCUT2D eigenvalue weighted by Crippen LogP contribution is -2.49. The Morgan fingerprint density at radius 3 is 2.77 bits per heavy atom. The number of pyridine rings is 1. The van der Waals surface area contributed by atoms with E-state index in [0.717, 1.165) is 6.42 Å². The first-order chi connectivity index (χ1) is 16.8. The smallest absolute Gasteiger partial charge is 0.269 e. The normalized spacial score (nSPS) is 26.5. The van der Waals surface area contributed by atoms with E-state index >= 15 is 0 Å². The third-order valence-corrected chi connectivity index (χ3v) is 7.41. The van der Waals surface area contributed by atoms with E-state index in [1.165, 1.54) is 10.7 Å². The molecule has 9 nitrogen and oxygen atoms in total. The Balaban J connectivity index is 1.18. The standard InChI is InChI=1S/C25H25FN6O3/c1-12-6-16-21(10-28-12)31(30-23(16)24(27)34)11-22(33)32-19-7-13(19)8-20(32)25(35)29-18-9-15(18)14-4-2-3-5-17(14)26/h2-6,10,13,15,18-20H,7-9,11H2,1H3,(H2,27,34)(H,29,35)/t13-,15-,18+,19-,20-/m0/s1. The van der Waals surface area contributed by atoms with Crippen LogP contribution in [0.25, 0.3) is 10.9 Å². The molecule has 1 saturated heterocycles. The summed E-state index contributed by atoms with van der Waals surface area (Å²) in [6.45, 7) is 1.67. The van der Waals surface area contributed by atoms with Gasteiger partial charge >= 0.3 is 0 Å². The number of rotatable bonds is 6. The summed E-state index contributed by atoms with van der Waals surface area (Å²) in [7, 11) is 0. The summed E-state index contributed by atoms with van der Waals surface area (Å²) in [5, 5.41) is 7.85. The largest absolute Gasteiger partial charge is 0.364 e. The number of benzene rings is 1. The Morgan fingerprint density at radius 1 is 1.20 bits per heavy atom. The summed E-state index contributed by atoms with van der Waals surface area (Å²) in [5.41, 5.74) is 7.44. The summed E-state index contributed by atoms with van der Waals surface area (Å²) in [6.07, 6.45) is 3.75. The van der Waals surface area contributed by atoms with Gasteiger partial charge in [0.25, 0.3) is 5.91 Å². The predicted molar refractivity (Wildman–Crippen MR) is 124 cm³/mol. The first-order valence-corrected chi connectivity index (χ1v) is 11.8. The fourth-order valence-electron chi connectivity index (χ4n) is 5.49. The number of aromatic nitrogens is 3. The molecule has 35 heavy (non-hydrogen) atoms. The number of aryl methyl sites for hydroxylation is 1. The summed E-state index contributed by atoms with van der Waals surface area (Å²) in [5.74, 6) is -1.11. The molecule has 1 aliphatic heterocycles. The molecule has 6 rings (SSSR count). The van der Waals surface area contributed by atoms with Crippen LogP contribution in [0.4, 0.5) is 4.39 Å². The van der Waals surface area contributed by atoms with Crippen LogP contribution in [0, 0.1) is 18.7 Å². The van der Waals surface area contributed by atoms with E-state index in [4.69, 9.17) is 5.73 Å². The van der Waals surface area contributed by atoms with Gasteiger partial charge < -0.3 is 16.0 Å². The van der Waals surface area contributed by atoms with Crippen LogP contribution in [-0.4, -0.2) is 55.5 Å². The minimum atomic E-state index is -0.679. The molecule has 3 aliphatic rings. The number of carbonyl (C=O) groups is 3. The van der Waals surface area contributed by atoms with E-state index in [1.807, 2.05) is 0 Å². The van der Waals surface area contributed by atoms with E-state index in [2.05, 4.69) is 15.4 Å². The number of piperidine rings is 1. The summed E-state index contributed by atoms with van der Waals surface area (Å²) in [6, 6.07) is 7.68. The predicted octanol–water partition coefficient (Wildman–Crippen LogP) is 1.64. The second kappa shape index (κ2) is 7.86. The SMILES string of the molecule is Cc1cc2c(C(N)=O)nn(CC(=O)N3[C@H](C(=O)N[C@@H]4C[C@H]4c4ccccc4F)C[C@@H]4C[C@@H]43)c2cn1. The molecule has 10 heteroatoms. The summed E-state index contributed by atoms with van der Waals surface area (Å²) >= 11 is 0. The van der Waals surface area contributed by atoms with Crippen LogP contribution >= 0.6 is 0 Å². The first kappa shape index (κ1) is 21.7. The minimum Gasteiger partial charge on any atom is -0.364 e. The van der Waals surface area contributed by atoms with Crippen LogP contribution in [0.5, 0.6) is 0 Å². The van der Waals surface area contributed by atoms with E-state index in [1.54, 1.807) is 42.3 Å². The zero-order valence-electron chi connectivity index (χ0n) is 19.1. The van der Waals surface area contributed by atoms with E-state index in [-0.39, 0.29) is 47.9 Å². The average molecular weight is 477 g/mol. The zero-order valence-corrected chi connectivity index (χ0v) is 19.1. The maximum atomic E-state index is 14.1. The molecule has 3 aromatic rings. The van der Waals surface area contributed by atoms with Crippen molar-refractivity contribution >= 4 is 28.6 Å². The summed E-state index contributed by atoms with van der Waals surface area (Å²) < 4.78 is 15.5. The van der Waals surface area contributed by atoms with Gasteiger partial charge in [-0.2, -0.15) is 5.10 Å².